The highest BCUT2D eigenvalue weighted by molar-refractivity contribution is 5.60. The van der Waals surface area contributed by atoms with Crippen molar-refractivity contribution >= 4 is 0 Å². The fraction of sp³-hybridized carbons (Fsp3) is 0.0833. The molecule has 1 aromatic carbocycles. The van der Waals surface area contributed by atoms with Crippen LogP contribution in [-0.2, 0) is 6.42 Å². The number of aromatic nitrogens is 1. The first-order valence-electron chi connectivity index (χ1n) is 8.26. The maximum absolute atomic E-state index is 4.73. The third-order valence-electron chi connectivity index (χ3n) is 3.46. The van der Waals surface area contributed by atoms with Crippen molar-refractivity contribution in [3.63, 3.8) is 0 Å². The zero-order valence-corrected chi connectivity index (χ0v) is 14.7. The summed E-state index contributed by atoms with van der Waals surface area (Å²) in [6.07, 6.45) is 14.0. The van der Waals surface area contributed by atoms with Crippen LogP contribution in [0.5, 0.6) is 0 Å². The van der Waals surface area contributed by atoms with Gasteiger partial charge in [-0.2, -0.15) is 0 Å². The number of benzene rings is 1. The summed E-state index contributed by atoms with van der Waals surface area (Å²) in [5.74, 6) is 0. The molecule has 25 heavy (non-hydrogen) atoms. The number of allylic oxidation sites excluding steroid dienone is 7. The number of pyridine rings is 1. The Morgan fingerprint density at radius 3 is 2.44 bits per heavy atom. The molecule has 1 aliphatic rings. The largest absolute Gasteiger partial charge is 0.252 e. The molecule has 0 saturated carbocycles. The standard InChI is InChI=1S/C19H19N.C5H4/c1-4-5-9-15(2)12-18-13-16(3)14-19(20-18)17-10-7-6-8-11-17;1-2-4-5-3-1/h4-11,13-14H,1-2,12H2,3H3;1-4H/b9-5-;. The van der Waals surface area contributed by atoms with Crippen LogP contribution >= 0.6 is 0 Å². The minimum absolute atomic E-state index is 0.756. The van der Waals surface area contributed by atoms with Crippen molar-refractivity contribution in [3.8, 4) is 11.3 Å². The fourth-order valence-electron chi connectivity index (χ4n) is 2.36. The van der Waals surface area contributed by atoms with Crippen molar-refractivity contribution in [1.82, 2.24) is 4.98 Å². The van der Waals surface area contributed by atoms with Crippen molar-refractivity contribution in [2.45, 2.75) is 13.3 Å². The van der Waals surface area contributed by atoms with Gasteiger partial charge in [-0.15, -0.1) is 5.73 Å². The minimum atomic E-state index is 0.756. The molecule has 0 spiro atoms. The van der Waals surface area contributed by atoms with E-state index in [1.807, 2.05) is 54.7 Å². The van der Waals surface area contributed by atoms with E-state index in [1.165, 1.54) is 5.56 Å². The van der Waals surface area contributed by atoms with Gasteiger partial charge in [0, 0.05) is 17.7 Å². The van der Waals surface area contributed by atoms with Gasteiger partial charge in [-0.25, -0.2) is 0 Å². The van der Waals surface area contributed by atoms with Gasteiger partial charge in [0.05, 0.1) is 5.69 Å². The van der Waals surface area contributed by atoms with Crippen LogP contribution in [0.4, 0.5) is 0 Å². The molecule has 1 nitrogen and oxygen atoms in total. The van der Waals surface area contributed by atoms with Crippen LogP contribution in [0.3, 0.4) is 0 Å². The van der Waals surface area contributed by atoms with Gasteiger partial charge >= 0.3 is 0 Å². The monoisotopic (exact) mass is 325 g/mol. The van der Waals surface area contributed by atoms with Gasteiger partial charge in [-0.05, 0) is 42.3 Å². The molecule has 0 fully saturated rings. The van der Waals surface area contributed by atoms with Crippen LogP contribution in [0.1, 0.15) is 11.3 Å². The number of hydrogen-bond donors (Lipinski definition) is 0. The molecule has 0 amide bonds. The third-order valence-corrected chi connectivity index (χ3v) is 3.46. The summed E-state index contributed by atoms with van der Waals surface area (Å²) in [6.45, 7) is 9.81. The molecule has 1 aliphatic carbocycles. The van der Waals surface area contributed by atoms with Crippen molar-refractivity contribution in [3.05, 3.63) is 121 Å². The summed E-state index contributed by atoms with van der Waals surface area (Å²) in [7, 11) is 0. The first kappa shape index (κ1) is 18.2. The molecule has 2 aromatic rings. The zero-order chi connectivity index (χ0) is 17.9. The molecule has 0 aliphatic heterocycles. The van der Waals surface area contributed by atoms with Gasteiger partial charge in [0.2, 0.25) is 0 Å². The quantitative estimate of drug-likeness (QED) is 0.473. The lowest BCUT2D eigenvalue weighted by molar-refractivity contribution is 1.07. The van der Waals surface area contributed by atoms with Crippen LogP contribution in [0.2, 0.25) is 0 Å². The van der Waals surface area contributed by atoms with E-state index in [9.17, 15) is 0 Å². The molecule has 1 heterocycles. The summed E-state index contributed by atoms with van der Waals surface area (Å²) in [6, 6.07) is 14.5. The normalized spacial score (nSPS) is 11.4. The van der Waals surface area contributed by atoms with E-state index in [-0.39, 0.29) is 0 Å². The predicted octanol–water partition coefficient (Wildman–Crippen LogP) is 6.17. The lowest BCUT2D eigenvalue weighted by atomic mass is 10.1. The zero-order valence-electron chi connectivity index (χ0n) is 14.7. The molecule has 3 rings (SSSR count). The molecule has 1 heteroatoms. The number of rotatable bonds is 5. The van der Waals surface area contributed by atoms with Gasteiger partial charge < -0.3 is 0 Å². The van der Waals surface area contributed by atoms with Crippen molar-refractivity contribution < 1.29 is 0 Å². The number of aryl methyl sites for hydroxylation is 1. The lowest BCUT2D eigenvalue weighted by Crippen LogP contribution is -1.95. The Labute approximate surface area is 150 Å². The molecular formula is C24H23N. The van der Waals surface area contributed by atoms with Crippen LogP contribution in [-0.4, -0.2) is 4.98 Å². The fourth-order valence-corrected chi connectivity index (χ4v) is 2.36. The summed E-state index contributed by atoms with van der Waals surface area (Å²) in [4.78, 5) is 4.73. The second-order valence-electron chi connectivity index (χ2n) is 5.70. The number of hydrogen-bond acceptors (Lipinski definition) is 1. The molecular weight excluding hydrogens is 302 g/mol. The van der Waals surface area contributed by atoms with Crippen LogP contribution in [0.15, 0.2) is 109 Å². The first-order valence-corrected chi connectivity index (χ1v) is 8.26. The minimum Gasteiger partial charge on any atom is -0.252 e. The Balaban J connectivity index is 0.000000386. The Morgan fingerprint density at radius 2 is 1.84 bits per heavy atom. The van der Waals surface area contributed by atoms with Gasteiger partial charge in [-0.1, -0.05) is 73.9 Å². The topological polar surface area (TPSA) is 12.9 Å². The van der Waals surface area contributed by atoms with E-state index in [1.54, 1.807) is 6.08 Å². The van der Waals surface area contributed by atoms with Crippen LogP contribution in [0, 0.1) is 6.92 Å². The summed E-state index contributed by atoms with van der Waals surface area (Å²) < 4.78 is 0. The Kier molecular flexibility index (Phi) is 7.18. The van der Waals surface area contributed by atoms with Crippen molar-refractivity contribution in [2.75, 3.05) is 0 Å². The molecule has 0 bridgehead atoms. The van der Waals surface area contributed by atoms with Gasteiger partial charge in [0.1, 0.15) is 0 Å². The first-order chi connectivity index (χ1) is 12.2. The SMILES string of the molecule is C1=CC=CC=1.C=C/C=C\C(=C)Cc1cc(C)cc(-c2ccccc2)n1. The third kappa shape index (κ3) is 6.47. The second kappa shape index (κ2) is 9.87. The van der Waals surface area contributed by atoms with E-state index in [4.69, 9.17) is 4.98 Å². The average Bonchev–Trinajstić information content (AvgIpc) is 3.20. The van der Waals surface area contributed by atoms with E-state index < -0.39 is 0 Å². The van der Waals surface area contributed by atoms with E-state index in [0.29, 0.717) is 0 Å². The average molecular weight is 325 g/mol. The Bertz CT molecular complexity index is 835. The summed E-state index contributed by atoms with van der Waals surface area (Å²) in [5.41, 5.74) is 8.31. The maximum atomic E-state index is 4.73. The highest BCUT2D eigenvalue weighted by Crippen LogP contribution is 2.19. The smallest absolute Gasteiger partial charge is 0.0708 e. The molecule has 1 aromatic heterocycles. The summed E-state index contributed by atoms with van der Waals surface area (Å²) in [5, 5.41) is 0. The Morgan fingerprint density at radius 1 is 1.12 bits per heavy atom. The predicted molar refractivity (Wildman–Crippen MR) is 108 cm³/mol. The second-order valence-corrected chi connectivity index (χ2v) is 5.70. The molecule has 0 radical (unpaired) electrons. The molecule has 0 atom stereocenters. The number of nitrogens with zero attached hydrogens (tertiary/aromatic N) is 1. The lowest BCUT2D eigenvalue weighted by Gasteiger charge is -2.07. The van der Waals surface area contributed by atoms with Gasteiger partial charge in [0.15, 0.2) is 0 Å². The van der Waals surface area contributed by atoms with E-state index in [2.05, 4.69) is 50.1 Å². The van der Waals surface area contributed by atoms with Crippen molar-refractivity contribution in [2.24, 2.45) is 0 Å². The van der Waals surface area contributed by atoms with E-state index in [0.717, 1.165) is 28.9 Å². The molecule has 124 valence electrons. The Hall–Kier alpha value is -3.15. The van der Waals surface area contributed by atoms with Crippen molar-refractivity contribution in [1.29, 1.82) is 0 Å². The molecule has 0 saturated heterocycles. The molecule has 0 unspecified atom stereocenters. The highest BCUT2D eigenvalue weighted by Gasteiger charge is 2.03. The van der Waals surface area contributed by atoms with E-state index >= 15 is 0 Å². The summed E-state index contributed by atoms with van der Waals surface area (Å²) >= 11 is 0. The highest BCUT2D eigenvalue weighted by atomic mass is 14.7. The molecule has 0 N–H and O–H groups in total. The van der Waals surface area contributed by atoms with Crippen LogP contribution in [0.25, 0.3) is 11.3 Å². The van der Waals surface area contributed by atoms with Crippen LogP contribution < -0.4 is 0 Å². The van der Waals surface area contributed by atoms with Gasteiger partial charge in [0.25, 0.3) is 0 Å². The maximum Gasteiger partial charge on any atom is 0.0708 e. The van der Waals surface area contributed by atoms with Gasteiger partial charge in [-0.3, -0.25) is 4.98 Å².